The van der Waals surface area contributed by atoms with Gasteiger partial charge in [-0.05, 0) is 18.2 Å². The molecule has 0 fully saturated rings. The second kappa shape index (κ2) is 4.35. The molecule has 0 aliphatic heterocycles. The zero-order chi connectivity index (χ0) is 11.5. The summed E-state index contributed by atoms with van der Waals surface area (Å²) in [5.41, 5.74) is 2.28. The molecule has 0 unspecified atom stereocenters. The fourth-order valence-corrected chi connectivity index (χ4v) is 1.81. The number of aromatic nitrogens is 1. The van der Waals surface area contributed by atoms with Crippen LogP contribution < -0.4 is 0 Å². The molecule has 0 saturated heterocycles. The van der Waals surface area contributed by atoms with Crippen molar-refractivity contribution in [1.29, 1.82) is 0 Å². The normalized spacial score (nSPS) is 11.4. The Hall–Kier alpha value is -1.83. The maximum atomic E-state index is 11.2. The van der Waals surface area contributed by atoms with Crippen molar-refractivity contribution in [2.75, 3.05) is 0 Å². The van der Waals surface area contributed by atoms with E-state index in [0.717, 1.165) is 5.56 Å². The summed E-state index contributed by atoms with van der Waals surface area (Å²) < 4.78 is 2.07. The number of ketones is 1. The number of hydrogen-bond donors (Lipinski definition) is 0. The number of aryl methyl sites for hydroxylation is 1. The van der Waals surface area contributed by atoms with Crippen LogP contribution in [0, 0.1) is 0 Å². The molecule has 1 aromatic heterocycles. The van der Waals surface area contributed by atoms with Gasteiger partial charge in [-0.15, -0.1) is 0 Å². The van der Waals surface area contributed by atoms with Crippen molar-refractivity contribution in [2.45, 2.75) is 13.3 Å². The molecule has 2 heteroatoms. The topological polar surface area (TPSA) is 22.0 Å². The minimum atomic E-state index is 0.160. The van der Waals surface area contributed by atoms with E-state index in [-0.39, 0.29) is 5.78 Å². The Morgan fingerprint density at radius 1 is 1.38 bits per heavy atom. The second-order valence-corrected chi connectivity index (χ2v) is 3.87. The number of carbonyl (C=O) groups is 1. The molecule has 0 aliphatic rings. The van der Waals surface area contributed by atoms with Crippen LogP contribution in [0.25, 0.3) is 17.0 Å². The highest BCUT2D eigenvalue weighted by Crippen LogP contribution is 2.21. The zero-order valence-corrected chi connectivity index (χ0v) is 9.60. The number of rotatable bonds is 3. The van der Waals surface area contributed by atoms with Crippen molar-refractivity contribution in [2.24, 2.45) is 7.05 Å². The standard InChI is InChI=1S/C14H15NO/c1-3-12(16)9-8-11-10-15(2)14-7-5-4-6-13(11)14/h4-10H,3H2,1-2H3/b9-8+. The Kier molecular flexibility index (Phi) is 2.91. The molecule has 1 heterocycles. The van der Waals surface area contributed by atoms with Gasteiger partial charge in [0.15, 0.2) is 5.78 Å². The number of nitrogens with zero attached hydrogens (tertiary/aromatic N) is 1. The molecule has 0 bridgehead atoms. The van der Waals surface area contributed by atoms with Gasteiger partial charge in [0.25, 0.3) is 0 Å². The van der Waals surface area contributed by atoms with Crippen LogP contribution in [0.3, 0.4) is 0 Å². The number of para-hydroxylation sites is 1. The Morgan fingerprint density at radius 2 is 2.12 bits per heavy atom. The summed E-state index contributed by atoms with van der Waals surface area (Å²) in [6.07, 6.45) is 6.15. The largest absolute Gasteiger partial charge is 0.350 e. The Labute approximate surface area is 95.2 Å². The molecule has 1 aromatic carbocycles. The Morgan fingerprint density at radius 3 is 2.88 bits per heavy atom. The highest BCUT2D eigenvalue weighted by molar-refractivity contribution is 5.97. The summed E-state index contributed by atoms with van der Waals surface area (Å²) in [6, 6.07) is 8.19. The third-order valence-electron chi connectivity index (χ3n) is 2.73. The van der Waals surface area contributed by atoms with Crippen molar-refractivity contribution >= 4 is 22.8 Å². The van der Waals surface area contributed by atoms with Crippen LogP contribution in [0.2, 0.25) is 0 Å². The minimum Gasteiger partial charge on any atom is -0.350 e. The molecule has 0 aliphatic carbocycles. The van der Waals surface area contributed by atoms with Gasteiger partial charge in [-0.2, -0.15) is 0 Å². The highest BCUT2D eigenvalue weighted by Gasteiger charge is 2.02. The van der Waals surface area contributed by atoms with Gasteiger partial charge in [-0.1, -0.05) is 25.1 Å². The van der Waals surface area contributed by atoms with Crippen LogP contribution in [-0.2, 0) is 11.8 Å². The number of carbonyl (C=O) groups excluding carboxylic acids is 1. The van der Waals surface area contributed by atoms with Gasteiger partial charge < -0.3 is 4.57 Å². The molecule has 2 aromatic rings. The van der Waals surface area contributed by atoms with Crippen LogP contribution in [0.1, 0.15) is 18.9 Å². The molecule has 2 rings (SSSR count). The molecule has 0 spiro atoms. The number of hydrogen-bond acceptors (Lipinski definition) is 1. The van der Waals surface area contributed by atoms with Gasteiger partial charge in [0.2, 0.25) is 0 Å². The summed E-state index contributed by atoms with van der Waals surface area (Å²) in [4.78, 5) is 11.2. The van der Waals surface area contributed by atoms with Gasteiger partial charge in [-0.25, -0.2) is 0 Å². The highest BCUT2D eigenvalue weighted by atomic mass is 16.1. The number of fused-ring (bicyclic) bond motifs is 1. The summed E-state index contributed by atoms with van der Waals surface area (Å²) in [7, 11) is 2.02. The summed E-state index contributed by atoms with van der Waals surface area (Å²) >= 11 is 0. The number of benzene rings is 1. The maximum absolute atomic E-state index is 11.2. The van der Waals surface area contributed by atoms with E-state index in [0.29, 0.717) is 6.42 Å². The molecule has 0 saturated carbocycles. The molecule has 16 heavy (non-hydrogen) atoms. The molecular formula is C14H15NO. The second-order valence-electron chi connectivity index (χ2n) is 3.87. The van der Waals surface area contributed by atoms with Gasteiger partial charge >= 0.3 is 0 Å². The van der Waals surface area contributed by atoms with Gasteiger partial charge in [0.1, 0.15) is 0 Å². The first-order valence-corrected chi connectivity index (χ1v) is 5.47. The fourth-order valence-electron chi connectivity index (χ4n) is 1.81. The van der Waals surface area contributed by atoms with Gasteiger partial charge in [0.05, 0.1) is 0 Å². The van der Waals surface area contributed by atoms with E-state index in [9.17, 15) is 4.79 Å². The maximum Gasteiger partial charge on any atom is 0.155 e. The average Bonchev–Trinajstić information content (AvgIpc) is 2.64. The van der Waals surface area contributed by atoms with Crippen LogP contribution >= 0.6 is 0 Å². The first-order chi connectivity index (χ1) is 7.72. The fraction of sp³-hybridized carbons (Fsp3) is 0.214. The van der Waals surface area contributed by atoms with Crippen LogP contribution in [0.15, 0.2) is 36.5 Å². The third-order valence-corrected chi connectivity index (χ3v) is 2.73. The molecule has 82 valence electrons. The van der Waals surface area contributed by atoms with Crippen molar-refractivity contribution in [3.8, 4) is 0 Å². The van der Waals surface area contributed by atoms with E-state index in [2.05, 4.69) is 16.7 Å². The summed E-state index contributed by atoms with van der Waals surface area (Å²) in [6.45, 7) is 1.87. The molecule has 0 amide bonds. The molecule has 2 nitrogen and oxygen atoms in total. The van der Waals surface area contributed by atoms with Crippen molar-refractivity contribution in [3.63, 3.8) is 0 Å². The number of allylic oxidation sites excluding steroid dienone is 1. The van der Waals surface area contributed by atoms with Crippen molar-refractivity contribution in [3.05, 3.63) is 42.1 Å². The molecule has 0 atom stereocenters. The van der Waals surface area contributed by atoms with Crippen molar-refractivity contribution < 1.29 is 4.79 Å². The monoisotopic (exact) mass is 213 g/mol. The van der Waals surface area contributed by atoms with Crippen LogP contribution in [0.5, 0.6) is 0 Å². The molecule has 0 N–H and O–H groups in total. The SMILES string of the molecule is CCC(=O)/C=C/c1cn(C)c2ccccc12. The first-order valence-electron chi connectivity index (χ1n) is 5.47. The molecule has 0 radical (unpaired) electrons. The predicted molar refractivity (Wildman–Crippen MR) is 67.3 cm³/mol. The van der Waals surface area contributed by atoms with Crippen LogP contribution in [-0.4, -0.2) is 10.4 Å². The predicted octanol–water partition coefficient (Wildman–Crippen LogP) is 3.17. The lowest BCUT2D eigenvalue weighted by Gasteiger charge is -1.93. The Balaban J connectivity index is 2.46. The Bertz CT molecular complexity index is 549. The zero-order valence-electron chi connectivity index (χ0n) is 9.60. The average molecular weight is 213 g/mol. The van der Waals surface area contributed by atoms with E-state index in [1.807, 2.05) is 38.4 Å². The van der Waals surface area contributed by atoms with E-state index in [1.54, 1.807) is 6.08 Å². The summed E-state index contributed by atoms with van der Waals surface area (Å²) in [5.74, 6) is 0.160. The van der Waals surface area contributed by atoms with Crippen molar-refractivity contribution in [1.82, 2.24) is 4.57 Å². The molecular weight excluding hydrogens is 198 g/mol. The lowest BCUT2D eigenvalue weighted by molar-refractivity contribution is -0.114. The van der Waals surface area contributed by atoms with E-state index < -0.39 is 0 Å². The van der Waals surface area contributed by atoms with E-state index >= 15 is 0 Å². The van der Waals surface area contributed by atoms with Crippen LogP contribution in [0.4, 0.5) is 0 Å². The first kappa shape index (κ1) is 10.7. The third kappa shape index (κ3) is 1.91. The van der Waals surface area contributed by atoms with E-state index in [4.69, 9.17) is 0 Å². The van der Waals surface area contributed by atoms with Gasteiger partial charge in [0, 0.05) is 36.1 Å². The van der Waals surface area contributed by atoms with Gasteiger partial charge in [-0.3, -0.25) is 4.79 Å². The lowest BCUT2D eigenvalue weighted by atomic mass is 10.1. The smallest absolute Gasteiger partial charge is 0.155 e. The quantitative estimate of drug-likeness (QED) is 0.718. The summed E-state index contributed by atoms with van der Waals surface area (Å²) in [5, 5.41) is 1.19. The lowest BCUT2D eigenvalue weighted by Crippen LogP contribution is -1.86. The van der Waals surface area contributed by atoms with E-state index in [1.165, 1.54) is 10.9 Å². The minimum absolute atomic E-state index is 0.160.